The molecule has 4 rings (SSSR count). The molecule has 27 heavy (non-hydrogen) atoms. The van der Waals surface area contributed by atoms with E-state index in [2.05, 4.69) is 37.6 Å². The SMILES string of the molecule is O=C(Nc1ccc(N2CCCC2)cc1)c1cc(NCC2CCCO2)ncn1. The number of nitrogens with one attached hydrogen (secondary N) is 2. The Morgan fingerprint density at radius 2 is 1.96 bits per heavy atom. The molecule has 0 spiro atoms. The topological polar surface area (TPSA) is 79.4 Å². The third-order valence-corrected chi connectivity index (χ3v) is 5.03. The first-order chi connectivity index (χ1) is 13.3. The Morgan fingerprint density at radius 3 is 2.70 bits per heavy atom. The second kappa shape index (κ2) is 8.35. The summed E-state index contributed by atoms with van der Waals surface area (Å²) in [4.78, 5) is 23.1. The molecular formula is C20H25N5O2. The lowest BCUT2D eigenvalue weighted by atomic mass is 10.2. The van der Waals surface area contributed by atoms with E-state index in [0.717, 1.165) is 38.2 Å². The summed E-state index contributed by atoms with van der Waals surface area (Å²) in [5.74, 6) is 0.390. The number of rotatable bonds is 6. The summed E-state index contributed by atoms with van der Waals surface area (Å²) in [6, 6.07) is 9.64. The molecule has 1 atom stereocenters. The number of anilines is 3. The molecule has 7 heteroatoms. The fourth-order valence-corrected chi connectivity index (χ4v) is 3.53. The van der Waals surface area contributed by atoms with Gasteiger partial charge >= 0.3 is 0 Å². The number of hydrogen-bond acceptors (Lipinski definition) is 6. The Morgan fingerprint density at radius 1 is 1.15 bits per heavy atom. The maximum atomic E-state index is 12.5. The Bertz CT molecular complexity index is 768. The molecule has 0 aliphatic carbocycles. The summed E-state index contributed by atoms with van der Waals surface area (Å²) >= 11 is 0. The van der Waals surface area contributed by atoms with Crippen molar-refractivity contribution in [3.63, 3.8) is 0 Å². The predicted octanol–water partition coefficient (Wildman–Crippen LogP) is 2.92. The van der Waals surface area contributed by atoms with Crippen molar-refractivity contribution in [2.45, 2.75) is 31.8 Å². The first-order valence-corrected chi connectivity index (χ1v) is 9.62. The minimum atomic E-state index is -0.244. The van der Waals surface area contributed by atoms with Crippen molar-refractivity contribution in [2.24, 2.45) is 0 Å². The van der Waals surface area contributed by atoms with E-state index in [9.17, 15) is 4.79 Å². The van der Waals surface area contributed by atoms with E-state index in [0.29, 0.717) is 18.1 Å². The molecule has 2 fully saturated rings. The maximum absolute atomic E-state index is 12.5. The predicted molar refractivity (Wildman–Crippen MR) is 105 cm³/mol. The normalized spacial score (nSPS) is 19.3. The van der Waals surface area contributed by atoms with E-state index in [1.807, 2.05) is 12.1 Å². The number of aromatic nitrogens is 2. The molecule has 2 saturated heterocycles. The van der Waals surface area contributed by atoms with Gasteiger partial charge in [-0.15, -0.1) is 0 Å². The first kappa shape index (κ1) is 17.7. The van der Waals surface area contributed by atoms with Gasteiger partial charge in [0.2, 0.25) is 0 Å². The number of ether oxygens (including phenoxy) is 1. The van der Waals surface area contributed by atoms with E-state index < -0.39 is 0 Å². The van der Waals surface area contributed by atoms with E-state index in [4.69, 9.17) is 4.74 Å². The van der Waals surface area contributed by atoms with Crippen molar-refractivity contribution in [3.05, 3.63) is 42.4 Å². The van der Waals surface area contributed by atoms with Crippen molar-refractivity contribution in [2.75, 3.05) is 41.8 Å². The minimum Gasteiger partial charge on any atom is -0.376 e. The van der Waals surface area contributed by atoms with Crippen LogP contribution in [0.25, 0.3) is 0 Å². The van der Waals surface area contributed by atoms with Gasteiger partial charge in [0.1, 0.15) is 17.8 Å². The molecule has 3 heterocycles. The summed E-state index contributed by atoms with van der Waals surface area (Å²) < 4.78 is 5.59. The first-order valence-electron chi connectivity index (χ1n) is 9.62. The standard InChI is InChI=1S/C20H25N5O2/c26-20(24-15-5-7-16(8-6-15)25-9-1-2-10-25)18-12-19(23-14-22-18)21-13-17-4-3-11-27-17/h5-8,12,14,17H,1-4,9-11,13H2,(H,24,26)(H,21,22,23). The second-order valence-corrected chi connectivity index (χ2v) is 7.00. The van der Waals surface area contributed by atoms with Crippen LogP contribution in [0.4, 0.5) is 17.2 Å². The molecule has 1 amide bonds. The highest BCUT2D eigenvalue weighted by Gasteiger charge is 2.16. The van der Waals surface area contributed by atoms with Crippen LogP contribution < -0.4 is 15.5 Å². The monoisotopic (exact) mass is 367 g/mol. The van der Waals surface area contributed by atoms with Crippen LogP contribution in [0.5, 0.6) is 0 Å². The Kier molecular flexibility index (Phi) is 5.48. The molecule has 2 aromatic rings. The zero-order valence-electron chi connectivity index (χ0n) is 15.4. The van der Waals surface area contributed by atoms with Gasteiger partial charge in [0.25, 0.3) is 5.91 Å². The molecule has 0 bridgehead atoms. The average Bonchev–Trinajstić information content (AvgIpc) is 3.41. The van der Waals surface area contributed by atoms with E-state index in [1.54, 1.807) is 6.07 Å². The van der Waals surface area contributed by atoms with Crippen molar-refractivity contribution in [3.8, 4) is 0 Å². The van der Waals surface area contributed by atoms with Crippen LogP contribution in [0.15, 0.2) is 36.7 Å². The maximum Gasteiger partial charge on any atom is 0.274 e. The third-order valence-electron chi connectivity index (χ3n) is 5.03. The summed E-state index contributed by atoms with van der Waals surface area (Å²) in [6.45, 7) is 3.72. The van der Waals surface area contributed by atoms with Gasteiger partial charge in [0.15, 0.2) is 0 Å². The Hall–Kier alpha value is -2.67. The molecule has 142 valence electrons. The van der Waals surface area contributed by atoms with Gasteiger partial charge in [0, 0.05) is 43.7 Å². The van der Waals surface area contributed by atoms with Crippen molar-refractivity contribution in [1.82, 2.24) is 9.97 Å². The van der Waals surface area contributed by atoms with Crippen LogP contribution in [-0.2, 0) is 4.74 Å². The highest BCUT2D eigenvalue weighted by atomic mass is 16.5. The molecule has 1 aromatic carbocycles. The number of carbonyl (C=O) groups is 1. The highest BCUT2D eigenvalue weighted by molar-refractivity contribution is 6.03. The zero-order chi connectivity index (χ0) is 18.5. The van der Waals surface area contributed by atoms with Gasteiger partial charge in [-0.25, -0.2) is 9.97 Å². The second-order valence-electron chi connectivity index (χ2n) is 7.00. The quantitative estimate of drug-likeness (QED) is 0.817. The zero-order valence-corrected chi connectivity index (χ0v) is 15.4. The number of benzene rings is 1. The van der Waals surface area contributed by atoms with Gasteiger partial charge in [0.05, 0.1) is 6.10 Å². The van der Waals surface area contributed by atoms with Gasteiger partial charge < -0.3 is 20.3 Å². The van der Waals surface area contributed by atoms with E-state index in [1.165, 1.54) is 24.9 Å². The van der Waals surface area contributed by atoms with Crippen LogP contribution in [0, 0.1) is 0 Å². The van der Waals surface area contributed by atoms with Crippen molar-refractivity contribution in [1.29, 1.82) is 0 Å². The minimum absolute atomic E-state index is 0.214. The molecule has 0 radical (unpaired) electrons. The van der Waals surface area contributed by atoms with Crippen molar-refractivity contribution >= 4 is 23.1 Å². The average molecular weight is 367 g/mol. The summed E-state index contributed by atoms with van der Waals surface area (Å²) in [5.41, 5.74) is 2.30. The van der Waals surface area contributed by atoms with E-state index >= 15 is 0 Å². The molecule has 1 unspecified atom stereocenters. The van der Waals surface area contributed by atoms with Gasteiger partial charge in [-0.3, -0.25) is 4.79 Å². The van der Waals surface area contributed by atoms with Crippen LogP contribution >= 0.6 is 0 Å². The van der Waals surface area contributed by atoms with Crippen molar-refractivity contribution < 1.29 is 9.53 Å². The lowest BCUT2D eigenvalue weighted by Crippen LogP contribution is -2.20. The summed E-state index contributed by atoms with van der Waals surface area (Å²) in [5, 5.41) is 6.12. The van der Waals surface area contributed by atoms with Crippen LogP contribution in [0.3, 0.4) is 0 Å². The molecule has 2 N–H and O–H groups in total. The fraction of sp³-hybridized carbons (Fsp3) is 0.450. The lowest BCUT2D eigenvalue weighted by molar-refractivity contribution is 0.102. The van der Waals surface area contributed by atoms with Crippen LogP contribution in [0.2, 0.25) is 0 Å². The third kappa shape index (κ3) is 4.54. The largest absolute Gasteiger partial charge is 0.376 e. The number of hydrogen-bond donors (Lipinski definition) is 2. The Labute approximate surface area is 159 Å². The fourth-order valence-electron chi connectivity index (χ4n) is 3.53. The van der Waals surface area contributed by atoms with Crippen LogP contribution in [-0.4, -0.2) is 48.2 Å². The van der Waals surface area contributed by atoms with Crippen LogP contribution in [0.1, 0.15) is 36.2 Å². The molecule has 1 aromatic heterocycles. The summed E-state index contributed by atoms with van der Waals surface area (Å²) in [6.07, 6.45) is 6.26. The Balaban J connectivity index is 1.35. The summed E-state index contributed by atoms with van der Waals surface area (Å²) in [7, 11) is 0. The highest BCUT2D eigenvalue weighted by Crippen LogP contribution is 2.22. The molecule has 0 saturated carbocycles. The number of carbonyl (C=O) groups excluding carboxylic acids is 1. The van der Waals surface area contributed by atoms with Gasteiger partial charge in [-0.2, -0.15) is 0 Å². The lowest BCUT2D eigenvalue weighted by Gasteiger charge is -2.17. The molecule has 2 aliphatic rings. The molecule has 7 nitrogen and oxygen atoms in total. The molecular weight excluding hydrogens is 342 g/mol. The molecule has 2 aliphatic heterocycles. The smallest absolute Gasteiger partial charge is 0.274 e. The van der Waals surface area contributed by atoms with Gasteiger partial charge in [-0.05, 0) is 49.9 Å². The number of nitrogens with zero attached hydrogens (tertiary/aromatic N) is 3. The van der Waals surface area contributed by atoms with E-state index in [-0.39, 0.29) is 12.0 Å². The van der Waals surface area contributed by atoms with Gasteiger partial charge in [-0.1, -0.05) is 0 Å². The number of amides is 1.